The van der Waals surface area contributed by atoms with Gasteiger partial charge in [-0.2, -0.15) is 0 Å². The lowest BCUT2D eigenvalue weighted by molar-refractivity contribution is 0.116. The number of hydrogen-bond acceptors (Lipinski definition) is 6. The van der Waals surface area contributed by atoms with Crippen LogP contribution in [0.5, 0.6) is 11.5 Å². The average Bonchev–Trinajstić information content (AvgIpc) is 2.91. The minimum atomic E-state index is 0.213. The Bertz CT molecular complexity index is 1190. The van der Waals surface area contributed by atoms with E-state index in [2.05, 4.69) is 59.1 Å². The Kier molecular flexibility index (Phi) is 7.28. The molecular weight excluding hydrogens is 436 g/mol. The average molecular weight is 471 g/mol. The van der Waals surface area contributed by atoms with Gasteiger partial charge >= 0.3 is 0 Å². The predicted molar refractivity (Wildman–Crippen MR) is 142 cm³/mol. The zero-order chi connectivity index (χ0) is 24.0. The van der Waals surface area contributed by atoms with Crippen LogP contribution >= 0.6 is 0 Å². The Hall–Kier alpha value is -3.38. The van der Waals surface area contributed by atoms with E-state index in [4.69, 9.17) is 14.5 Å². The molecule has 1 saturated heterocycles. The number of benzene rings is 2. The summed E-state index contributed by atoms with van der Waals surface area (Å²) < 4.78 is 12.5. The van der Waals surface area contributed by atoms with Gasteiger partial charge in [0.15, 0.2) is 0 Å². The van der Waals surface area contributed by atoms with E-state index in [0.717, 1.165) is 79.2 Å². The normalized spacial score (nSPS) is 16.8. The van der Waals surface area contributed by atoms with Gasteiger partial charge in [-0.05, 0) is 81.6 Å². The maximum absolute atomic E-state index is 6.53. The Morgan fingerprint density at radius 3 is 2.60 bits per heavy atom. The number of hydrogen-bond donors (Lipinski definition) is 0. The number of likely N-dealkylation sites (tertiary alicyclic amines) is 1. The molecule has 35 heavy (non-hydrogen) atoms. The first-order valence-corrected chi connectivity index (χ1v) is 12.7. The highest BCUT2D eigenvalue weighted by atomic mass is 16.5. The molecular formula is C29H34N4O2. The van der Waals surface area contributed by atoms with Crippen LogP contribution in [-0.2, 0) is 0 Å². The maximum atomic E-state index is 6.53. The van der Waals surface area contributed by atoms with Crippen molar-refractivity contribution in [2.24, 2.45) is 0 Å². The molecule has 0 N–H and O–H groups in total. The first-order valence-electron chi connectivity index (χ1n) is 12.7. The van der Waals surface area contributed by atoms with E-state index in [-0.39, 0.29) is 6.10 Å². The molecule has 2 aromatic carbocycles. The highest BCUT2D eigenvalue weighted by Gasteiger charge is 2.22. The molecule has 6 nitrogen and oxygen atoms in total. The lowest BCUT2D eigenvalue weighted by atomic mass is 10.1. The molecule has 1 aromatic heterocycles. The molecule has 6 heteroatoms. The van der Waals surface area contributed by atoms with Gasteiger partial charge < -0.3 is 19.3 Å². The molecule has 182 valence electrons. The van der Waals surface area contributed by atoms with Crippen LogP contribution in [0.4, 0.5) is 11.5 Å². The lowest BCUT2D eigenvalue weighted by Crippen LogP contribution is -2.35. The molecule has 1 aliphatic heterocycles. The van der Waals surface area contributed by atoms with Gasteiger partial charge in [-0.25, -0.2) is 9.97 Å². The number of fused-ring (bicyclic) bond motifs is 1. The first kappa shape index (κ1) is 23.4. The molecule has 0 spiro atoms. The molecule has 1 aliphatic carbocycles. The van der Waals surface area contributed by atoms with Crippen molar-refractivity contribution in [2.45, 2.75) is 38.7 Å². The van der Waals surface area contributed by atoms with E-state index in [1.54, 1.807) is 6.33 Å². The van der Waals surface area contributed by atoms with Gasteiger partial charge in [-0.3, -0.25) is 0 Å². The second-order valence-electron chi connectivity index (χ2n) is 9.25. The summed E-state index contributed by atoms with van der Waals surface area (Å²) in [4.78, 5) is 13.8. The number of anilines is 2. The zero-order valence-electron chi connectivity index (χ0n) is 20.7. The van der Waals surface area contributed by atoms with Crippen molar-refractivity contribution in [2.75, 3.05) is 38.2 Å². The van der Waals surface area contributed by atoms with Gasteiger partial charge in [-0.1, -0.05) is 24.3 Å². The molecule has 0 radical (unpaired) electrons. The van der Waals surface area contributed by atoms with Crippen LogP contribution < -0.4 is 14.4 Å². The summed E-state index contributed by atoms with van der Waals surface area (Å²) in [6.45, 7) is 5.62. The predicted octanol–water partition coefficient (Wildman–Crippen LogP) is 5.92. The number of nitrogens with zero attached hydrogens (tertiary/aromatic N) is 4. The number of ether oxygens (including phenoxy) is 2. The van der Waals surface area contributed by atoms with Gasteiger partial charge in [0.2, 0.25) is 0 Å². The van der Waals surface area contributed by atoms with Crippen LogP contribution in [0.1, 0.15) is 32.6 Å². The van der Waals surface area contributed by atoms with Crippen molar-refractivity contribution < 1.29 is 9.47 Å². The SMILES string of the molecule is CCN(c1ccc(OCC2=CCCC=C2)cc1)c1ncnc2cccc(OC3CCN(C)CC3)c12. The van der Waals surface area contributed by atoms with Gasteiger partial charge in [0.05, 0.1) is 10.9 Å². The number of piperidine rings is 1. The quantitative estimate of drug-likeness (QED) is 0.408. The molecule has 2 heterocycles. The summed E-state index contributed by atoms with van der Waals surface area (Å²) in [6.07, 6.45) is 12.7. The minimum absolute atomic E-state index is 0.213. The second kappa shape index (κ2) is 10.9. The van der Waals surface area contributed by atoms with Gasteiger partial charge in [0.25, 0.3) is 0 Å². The summed E-state index contributed by atoms with van der Waals surface area (Å²) >= 11 is 0. The van der Waals surface area contributed by atoms with E-state index < -0.39 is 0 Å². The highest BCUT2D eigenvalue weighted by Crippen LogP contribution is 2.36. The standard InChI is InChI=1S/C29H34N4O2/c1-3-33(23-12-14-24(15-13-23)34-20-22-8-5-4-6-9-22)29-28-26(30-21-31-29)10-7-11-27(28)35-25-16-18-32(2)19-17-25/h5,7-15,21,25H,3-4,6,16-20H2,1-2H3. The molecule has 0 bridgehead atoms. The fraction of sp³-hybridized carbons (Fsp3) is 0.379. The molecule has 0 unspecified atom stereocenters. The molecule has 3 aromatic rings. The smallest absolute Gasteiger partial charge is 0.148 e. The monoisotopic (exact) mass is 470 g/mol. The molecule has 0 amide bonds. The van der Waals surface area contributed by atoms with Crippen molar-refractivity contribution in [3.63, 3.8) is 0 Å². The first-order chi connectivity index (χ1) is 17.2. The van der Waals surface area contributed by atoms with Crippen LogP contribution in [0.3, 0.4) is 0 Å². The van der Waals surface area contributed by atoms with E-state index >= 15 is 0 Å². The third-order valence-electron chi connectivity index (χ3n) is 6.76. The van der Waals surface area contributed by atoms with Crippen LogP contribution in [0.2, 0.25) is 0 Å². The number of rotatable bonds is 8. The van der Waals surface area contributed by atoms with Crippen molar-refractivity contribution in [3.05, 3.63) is 72.6 Å². The highest BCUT2D eigenvalue weighted by molar-refractivity contribution is 5.96. The number of allylic oxidation sites excluding steroid dienone is 2. The topological polar surface area (TPSA) is 50.7 Å². The van der Waals surface area contributed by atoms with Crippen LogP contribution in [0.25, 0.3) is 10.9 Å². The Balaban J connectivity index is 1.39. The largest absolute Gasteiger partial charge is 0.489 e. The van der Waals surface area contributed by atoms with Crippen LogP contribution in [0.15, 0.2) is 72.6 Å². The Morgan fingerprint density at radius 2 is 1.86 bits per heavy atom. The van der Waals surface area contributed by atoms with Crippen molar-refractivity contribution >= 4 is 22.4 Å². The summed E-state index contributed by atoms with van der Waals surface area (Å²) in [7, 11) is 2.17. The molecule has 0 saturated carbocycles. The Labute approximate surface area is 207 Å². The summed E-state index contributed by atoms with van der Waals surface area (Å²) in [5, 5.41) is 0.965. The lowest BCUT2D eigenvalue weighted by Gasteiger charge is -2.30. The summed E-state index contributed by atoms with van der Waals surface area (Å²) in [5.74, 6) is 2.59. The molecule has 0 atom stereocenters. The second-order valence-corrected chi connectivity index (χ2v) is 9.25. The van der Waals surface area contributed by atoms with Crippen molar-refractivity contribution in [1.82, 2.24) is 14.9 Å². The van der Waals surface area contributed by atoms with E-state index in [1.165, 1.54) is 5.57 Å². The summed E-state index contributed by atoms with van der Waals surface area (Å²) in [5.41, 5.74) is 3.19. The fourth-order valence-electron chi connectivity index (χ4n) is 4.77. The summed E-state index contributed by atoms with van der Waals surface area (Å²) in [6, 6.07) is 14.3. The van der Waals surface area contributed by atoms with Gasteiger partial charge in [0, 0.05) is 25.3 Å². The van der Waals surface area contributed by atoms with E-state index in [1.807, 2.05) is 30.3 Å². The zero-order valence-corrected chi connectivity index (χ0v) is 20.7. The minimum Gasteiger partial charge on any atom is -0.489 e. The van der Waals surface area contributed by atoms with E-state index in [9.17, 15) is 0 Å². The molecule has 1 fully saturated rings. The van der Waals surface area contributed by atoms with Crippen LogP contribution in [0, 0.1) is 0 Å². The van der Waals surface area contributed by atoms with Gasteiger partial charge in [-0.15, -0.1) is 0 Å². The fourth-order valence-corrected chi connectivity index (χ4v) is 4.77. The van der Waals surface area contributed by atoms with Crippen molar-refractivity contribution in [1.29, 1.82) is 0 Å². The van der Waals surface area contributed by atoms with Gasteiger partial charge in [0.1, 0.15) is 36.4 Å². The third kappa shape index (κ3) is 5.49. The number of aromatic nitrogens is 2. The third-order valence-corrected chi connectivity index (χ3v) is 6.76. The molecule has 5 rings (SSSR count). The maximum Gasteiger partial charge on any atom is 0.148 e. The molecule has 2 aliphatic rings. The Morgan fingerprint density at radius 1 is 1.03 bits per heavy atom. The van der Waals surface area contributed by atoms with Crippen LogP contribution in [-0.4, -0.2) is 54.3 Å². The van der Waals surface area contributed by atoms with E-state index in [0.29, 0.717) is 6.61 Å². The van der Waals surface area contributed by atoms with Crippen molar-refractivity contribution in [3.8, 4) is 11.5 Å².